The van der Waals surface area contributed by atoms with Gasteiger partial charge in [0.15, 0.2) is 0 Å². The third-order valence-electron chi connectivity index (χ3n) is 2.96. The lowest BCUT2D eigenvalue weighted by Gasteiger charge is -2.27. The minimum atomic E-state index is 0.569. The number of halogens is 1. The minimum absolute atomic E-state index is 0.569. The zero-order valence-corrected chi connectivity index (χ0v) is 9.70. The number of aryl methyl sites for hydroxylation is 2. The van der Waals surface area contributed by atoms with Crippen molar-refractivity contribution in [2.24, 2.45) is 0 Å². The molecule has 2 heteroatoms. The van der Waals surface area contributed by atoms with Crippen LogP contribution in [0.1, 0.15) is 30.0 Å². The maximum atomic E-state index is 6.29. The first-order valence-corrected chi connectivity index (χ1v) is 5.52. The average Bonchev–Trinajstić information content (AvgIpc) is 2.14. The number of rotatable bonds is 0. The summed E-state index contributed by atoms with van der Waals surface area (Å²) in [7, 11) is 0. The van der Waals surface area contributed by atoms with Crippen molar-refractivity contribution in [2.75, 3.05) is 5.32 Å². The highest BCUT2D eigenvalue weighted by atomic mass is 35.5. The first-order valence-electron chi connectivity index (χ1n) is 5.14. The van der Waals surface area contributed by atoms with Crippen LogP contribution in [-0.4, -0.2) is 6.04 Å². The predicted molar refractivity (Wildman–Crippen MR) is 62.3 cm³/mol. The van der Waals surface area contributed by atoms with Gasteiger partial charge in [0.2, 0.25) is 0 Å². The van der Waals surface area contributed by atoms with Crippen LogP contribution in [-0.2, 0) is 6.42 Å². The van der Waals surface area contributed by atoms with Gasteiger partial charge in [-0.2, -0.15) is 0 Å². The molecule has 0 amide bonds. The highest BCUT2D eigenvalue weighted by Gasteiger charge is 2.19. The van der Waals surface area contributed by atoms with E-state index in [1.54, 1.807) is 0 Å². The van der Waals surface area contributed by atoms with Crippen molar-refractivity contribution in [3.05, 3.63) is 27.8 Å². The summed E-state index contributed by atoms with van der Waals surface area (Å²) in [5.41, 5.74) is 5.08. The molecule has 1 unspecified atom stereocenters. The lowest BCUT2D eigenvalue weighted by molar-refractivity contribution is 0.679. The summed E-state index contributed by atoms with van der Waals surface area (Å²) in [6.45, 7) is 6.44. The van der Waals surface area contributed by atoms with Gasteiger partial charge in [0.25, 0.3) is 0 Å². The van der Waals surface area contributed by atoms with E-state index in [1.165, 1.54) is 28.8 Å². The Morgan fingerprint density at radius 1 is 1.36 bits per heavy atom. The highest BCUT2D eigenvalue weighted by Crippen LogP contribution is 2.35. The smallest absolute Gasteiger partial charge is 0.0487 e. The number of benzene rings is 1. The third-order valence-corrected chi connectivity index (χ3v) is 3.48. The van der Waals surface area contributed by atoms with Crippen LogP contribution in [0.15, 0.2) is 6.07 Å². The Bertz CT molecular complexity index is 371. The standard InChI is InChI=1S/C12H16ClN/c1-7-6-8(2)12-10(11(7)13)5-4-9(3)14-12/h6,9,14H,4-5H2,1-3H3. The molecule has 2 rings (SSSR count). The molecule has 76 valence electrons. The van der Waals surface area contributed by atoms with E-state index in [4.69, 9.17) is 11.6 Å². The van der Waals surface area contributed by atoms with E-state index in [0.29, 0.717) is 6.04 Å². The molecule has 1 N–H and O–H groups in total. The van der Waals surface area contributed by atoms with Gasteiger partial charge in [-0.15, -0.1) is 0 Å². The summed E-state index contributed by atoms with van der Waals surface area (Å²) < 4.78 is 0. The first-order chi connectivity index (χ1) is 6.59. The fourth-order valence-electron chi connectivity index (χ4n) is 2.16. The van der Waals surface area contributed by atoms with Gasteiger partial charge in [0, 0.05) is 16.8 Å². The molecule has 0 saturated heterocycles. The Kier molecular flexibility index (Phi) is 2.44. The van der Waals surface area contributed by atoms with Crippen LogP contribution >= 0.6 is 11.6 Å². The molecule has 1 aliphatic heterocycles. The summed E-state index contributed by atoms with van der Waals surface area (Å²) in [6, 6.07) is 2.73. The molecule has 1 aromatic carbocycles. The van der Waals surface area contributed by atoms with Crippen molar-refractivity contribution in [3.63, 3.8) is 0 Å². The Morgan fingerprint density at radius 2 is 2.07 bits per heavy atom. The van der Waals surface area contributed by atoms with E-state index >= 15 is 0 Å². The molecular weight excluding hydrogens is 194 g/mol. The number of hydrogen-bond donors (Lipinski definition) is 1. The molecule has 1 heterocycles. The van der Waals surface area contributed by atoms with E-state index in [9.17, 15) is 0 Å². The molecular formula is C12H16ClN. The highest BCUT2D eigenvalue weighted by molar-refractivity contribution is 6.32. The Hall–Kier alpha value is -0.690. The van der Waals surface area contributed by atoms with Crippen molar-refractivity contribution in [2.45, 2.75) is 39.7 Å². The van der Waals surface area contributed by atoms with Crippen LogP contribution in [0.25, 0.3) is 0 Å². The SMILES string of the molecule is Cc1cc(C)c2c(c1Cl)CCC(C)N2. The molecule has 1 atom stereocenters. The molecule has 1 aromatic rings. The molecule has 1 nitrogen and oxygen atoms in total. The van der Waals surface area contributed by atoms with Gasteiger partial charge in [0.1, 0.15) is 0 Å². The van der Waals surface area contributed by atoms with Gasteiger partial charge < -0.3 is 5.32 Å². The fraction of sp³-hybridized carbons (Fsp3) is 0.500. The molecule has 14 heavy (non-hydrogen) atoms. The quantitative estimate of drug-likeness (QED) is 0.687. The summed E-state index contributed by atoms with van der Waals surface area (Å²) in [5, 5.41) is 4.46. The van der Waals surface area contributed by atoms with Gasteiger partial charge in [-0.3, -0.25) is 0 Å². The van der Waals surface area contributed by atoms with E-state index in [-0.39, 0.29) is 0 Å². The molecule has 0 spiro atoms. The van der Waals surface area contributed by atoms with Gasteiger partial charge >= 0.3 is 0 Å². The second-order valence-electron chi connectivity index (χ2n) is 4.26. The van der Waals surface area contributed by atoms with Crippen LogP contribution in [0.5, 0.6) is 0 Å². The van der Waals surface area contributed by atoms with Crippen LogP contribution in [0, 0.1) is 13.8 Å². The number of hydrogen-bond acceptors (Lipinski definition) is 1. The zero-order valence-electron chi connectivity index (χ0n) is 8.95. The average molecular weight is 210 g/mol. The van der Waals surface area contributed by atoms with Crippen LogP contribution in [0.3, 0.4) is 0 Å². The third kappa shape index (κ3) is 1.50. The maximum absolute atomic E-state index is 6.29. The van der Waals surface area contributed by atoms with Crippen molar-refractivity contribution >= 4 is 17.3 Å². The van der Waals surface area contributed by atoms with E-state index in [1.807, 2.05) is 0 Å². The van der Waals surface area contributed by atoms with Crippen molar-refractivity contribution in [3.8, 4) is 0 Å². The molecule has 0 aromatic heterocycles. The van der Waals surface area contributed by atoms with Gasteiger partial charge in [-0.05, 0) is 50.3 Å². The topological polar surface area (TPSA) is 12.0 Å². The van der Waals surface area contributed by atoms with Gasteiger partial charge in [-0.1, -0.05) is 17.7 Å². The summed E-state index contributed by atoms with van der Waals surface area (Å²) in [4.78, 5) is 0. The molecule has 0 aliphatic carbocycles. The fourth-order valence-corrected chi connectivity index (χ4v) is 2.40. The lowest BCUT2D eigenvalue weighted by atomic mass is 9.94. The molecule has 0 bridgehead atoms. The zero-order chi connectivity index (χ0) is 10.3. The van der Waals surface area contributed by atoms with Gasteiger partial charge in [0.05, 0.1) is 0 Å². The van der Waals surface area contributed by atoms with E-state index < -0.39 is 0 Å². The van der Waals surface area contributed by atoms with E-state index in [0.717, 1.165) is 11.4 Å². The molecule has 1 aliphatic rings. The van der Waals surface area contributed by atoms with Crippen LogP contribution < -0.4 is 5.32 Å². The second-order valence-corrected chi connectivity index (χ2v) is 4.64. The number of fused-ring (bicyclic) bond motifs is 1. The van der Waals surface area contributed by atoms with Crippen molar-refractivity contribution in [1.29, 1.82) is 0 Å². The summed E-state index contributed by atoms with van der Waals surface area (Å²) >= 11 is 6.29. The minimum Gasteiger partial charge on any atom is -0.382 e. The largest absolute Gasteiger partial charge is 0.382 e. The molecule has 0 radical (unpaired) electrons. The molecule has 0 saturated carbocycles. The van der Waals surface area contributed by atoms with Gasteiger partial charge in [-0.25, -0.2) is 0 Å². The van der Waals surface area contributed by atoms with Crippen molar-refractivity contribution in [1.82, 2.24) is 0 Å². The van der Waals surface area contributed by atoms with Crippen LogP contribution in [0.2, 0.25) is 5.02 Å². The lowest BCUT2D eigenvalue weighted by Crippen LogP contribution is -2.23. The Morgan fingerprint density at radius 3 is 2.79 bits per heavy atom. The second kappa shape index (κ2) is 3.47. The Balaban J connectivity index is 2.57. The number of nitrogens with one attached hydrogen (secondary N) is 1. The molecule has 0 fully saturated rings. The van der Waals surface area contributed by atoms with Crippen LogP contribution in [0.4, 0.5) is 5.69 Å². The van der Waals surface area contributed by atoms with Crippen molar-refractivity contribution < 1.29 is 0 Å². The predicted octanol–water partition coefficient (Wildman–Crippen LogP) is 3.70. The summed E-state index contributed by atoms with van der Waals surface area (Å²) in [5.74, 6) is 0. The normalized spacial score (nSPS) is 20.1. The summed E-state index contributed by atoms with van der Waals surface area (Å²) in [6.07, 6.45) is 2.28. The Labute approximate surface area is 90.5 Å². The van der Waals surface area contributed by atoms with E-state index in [2.05, 4.69) is 32.2 Å². The monoisotopic (exact) mass is 209 g/mol. The first kappa shape index (κ1) is 9.85. The maximum Gasteiger partial charge on any atom is 0.0487 e. The number of anilines is 1.